The van der Waals surface area contributed by atoms with Gasteiger partial charge in [-0.25, -0.2) is 0 Å². The average molecular weight is 272 g/mol. The second kappa shape index (κ2) is 5.21. The van der Waals surface area contributed by atoms with Crippen LogP contribution >= 0.6 is 0 Å². The van der Waals surface area contributed by atoms with Crippen LogP contribution in [0.4, 0.5) is 0 Å². The first-order valence-corrected chi connectivity index (χ1v) is 7.68. The van der Waals surface area contributed by atoms with E-state index in [1.807, 2.05) is 44.2 Å². The van der Waals surface area contributed by atoms with E-state index in [0.717, 1.165) is 18.4 Å². The molecule has 3 heteroatoms. The molecule has 2 atom stereocenters. The lowest BCUT2D eigenvalue weighted by atomic mass is 9.83. The van der Waals surface area contributed by atoms with E-state index >= 15 is 0 Å². The van der Waals surface area contributed by atoms with Crippen LogP contribution in [0, 0.1) is 0 Å². The molecule has 0 spiro atoms. The third kappa shape index (κ3) is 2.59. The van der Waals surface area contributed by atoms with Crippen molar-refractivity contribution in [3.8, 4) is 0 Å². The van der Waals surface area contributed by atoms with Gasteiger partial charge in [-0.1, -0.05) is 30.3 Å². The minimum Gasteiger partial charge on any atom is -0.352 e. The molecule has 108 valence electrons. The first kappa shape index (κ1) is 13.6. The number of carbonyl (C=O) groups is 1. The van der Waals surface area contributed by atoms with Gasteiger partial charge in [0, 0.05) is 18.1 Å². The van der Waals surface area contributed by atoms with Crippen molar-refractivity contribution in [3.63, 3.8) is 0 Å². The number of fused-ring (bicyclic) bond motifs is 2. The predicted molar refractivity (Wildman–Crippen MR) is 80.6 cm³/mol. The van der Waals surface area contributed by atoms with Crippen molar-refractivity contribution in [2.75, 3.05) is 0 Å². The molecular weight excluding hydrogens is 248 g/mol. The summed E-state index contributed by atoms with van der Waals surface area (Å²) in [5.41, 5.74) is 0.611. The Morgan fingerprint density at radius 2 is 1.75 bits per heavy atom. The number of carbonyl (C=O) groups excluding carboxylic acids is 1. The third-order valence-corrected chi connectivity index (χ3v) is 4.87. The van der Waals surface area contributed by atoms with Gasteiger partial charge in [-0.2, -0.15) is 0 Å². The molecule has 2 fully saturated rings. The quantitative estimate of drug-likeness (QED) is 0.887. The molecule has 2 aliphatic heterocycles. The summed E-state index contributed by atoms with van der Waals surface area (Å²) >= 11 is 0. The Kier molecular flexibility index (Phi) is 3.55. The van der Waals surface area contributed by atoms with Gasteiger partial charge in [0.15, 0.2) is 0 Å². The minimum atomic E-state index is -0.467. The summed E-state index contributed by atoms with van der Waals surface area (Å²) in [5.74, 6) is 0.148. The van der Waals surface area contributed by atoms with Crippen LogP contribution in [-0.2, 0) is 10.2 Å². The van der Waals surface area contributed by atoms with Gasteiger partial charge in [0.1, 0.15) is 0 Å². The Morgan fingerprint density at radius 1 is 1.15 bits per heavy atom. The predicted octanol–water partition coefficient (Wildman–Crippen LogP) is 2.36. The molecule has 3 rings (SSSR count). The SMILES string of the molecule is CC(C)(C(=O)NC1CC2CCC(C1)N2)c1ccccc1. The van der Waals surface area contributed by atoms with E-state index in [1.165, 1.54) is 12.8 Å². The van der Waals surface area contributed by atoms with Crippen LogP contribution in [0.15, 0.2) is 30.3 Å². The Labute approximate surface area is 121 Å². The van der Waals surface area contributed by atoms with Crippen LogP contribution in [0.25, 0.3) is 0 Å². The van der Waals surface area contributed by atoms with Crippen molar-refractivity contribution >= 4 is 5.91 Å². The van der Waals surface area contributed by atoms with Crippen LogP contribution in [-0.4, -0.2) is 24.0 Å². The van der Waals surface area contributed by atoms with Gasteiger partial charge in [0.2, 0.25) is 5.91 Å². The van der Waals surface area contributed by atoms with Crippen molar-refractivity contribution in [1.29, 1.82) is 0 Å². The Hall–Kier alpha value is -1.35. The lowest BCUT2D eigenvalue weighted by Crippen LogP contribution is -2.51. The molecular formula is C17H24N2O. The Balaban J connectivity index is 1.67. The smallest absolute Gasteiger partial charge is 0.230 e. The highest BCUT2D eigenvalue weighted by Crippen LogP contribution is 2.28. The number of piperidine rings is 1. The zero-order valence-corrected chi connectivity index (χ0v) is 12.4. The van der Waals surface area contributed by atoms with E-state index in [0.29, 0.717) is 18.1 Å². The van der Waals surface area contributed by atoms with Crippen LogP contribution in [0.3, 0.4) is 0 Å². The summed E-state index contributed by atoms with van der Waals surface area (Å²) in [4.78, 5) is 12.6. The maximum atomic E-state index is 12.6. The number of amides is 1. The van der Waals surface area contributed by atoms with Gasteiger partial charge < -0.3 is 10.6 Å². The molecule has 2 heterocycles. The molecule has 0 saturated carbocycles. The van der Waals surface area contributed by atoms with E-state index in [2.05, 4.69) is 10.6 Å². The molecule has 0 radical (unpaired) electrons. The fourth-order valence-corrected chi connectivity index (χ4v) is 3.53. The number of nitrogens with one attached hydrogen (secondary N) is 2. The van der Waals surface area contributed by atoms with E-state index in [4.69, 9.17) is 0 Å². The topological polar surface area (TPSA) is 41.1 Å². The maximum Gasteiger partial charge on any atom is 0.230 e. The minimum absolute atomic E-state index is 0.148. The molecule has 1 aromatic rings. The van der Waals surface area contributed by atoms with Gasteiger partial charge in [0.05, 0.1) is 5.41 Å². The van der Waals surface area contributed by atoms with Gasteiger partial charge >= 0.3 is 0 Å². The number of rotatable bonds is 3. The summed E-state index contributed by atoms with van der Waals surface area (Å²) in [6.45, 7) is 4.01. The van der Waals surface area contributed by atoms with E-state index in [1.54, 1.807) is 0 Å². The van der Waals surface area contributed by atoms with Crippen LogP contribution < -0.4 is 10.6 Å². The molecule has 20 heavy (non-hydrogen) atoms. The van der Waals surface area contributed by atoms with Gasteiger partial charge in [-0.3, -0.25) is 4.79 Å². The summed E-state index contributed by atoms with van der Waals surface area (Å²) in [5, 5.41) is 6.89. The first-order chi connectivity index (χ1) is 9.55. The molecule has 2 aliphatic rings. The van der Waals surface area contributed by atoms with Gasteiger partial charge in [-0.15, -0.1) is 0 Å². The fourth-order valence-electron chi connectivity index (χ4n) is 3.53. The molecule has 0 aromatic heterocycles. The lowest BCUT2D eigenvalue weighted by Gasteiger charge is -2.33. The number of hydrogen-bond acceptors (Lipinski definition) is 2. The van der Waals surface area contributed by atoms with Gasteiger partial charge in [-0.05, 0) is 45.1 Å². The van der Waals surface area contributed by atoms with E-state index < -0.39 is 5.41 Å². The average Bonchev–Trinajstić information content (AvgIpc) is 2.79. The molecule has 3 nitrogen and oxygen atoms in total. The van der Waals surface area contributed by atoms with Crippen molar-refractivity contribution in [2.45, 2.75) is 63.1 Å². The second-order valence-corrected chi connectivity index (χ2v) is 6.77. The Morgan fingerprint density at radius 3 is 2.35 bits per heavy atom. The second-order valence-electron chi connectivity index (χ2n) is 6.77. The highest BCUT2D eigenvalue weighted by Gasteiger charge is 2.37. The molecule has 2 bridgehead atoms. The summed E-state index contributed by atoms with van der Waals surface area (Å²) in [6.07, 6.45) is 4.68. The summed E-state index contributed by atoms with van der Waals surface area (Å²) in [6, 6.07) is 11.6. The number of benzene rings is 1. The van der Waals surface area contributed by atoms with Crippen molar-refractivity contribution in [1.82, 2.24) is 10.6 Å². The third-order valence-electron chi connectivity index (χ3n) is 4.87. The van der Waals surface area contributed by atoms with Crippen LogP contribution in [0.2, 0.25) is 0 Å². The maximum absolute atomic E-state index is 12.6. The molecule has 2 N–H and O–H groups in total. The zero-order chi connectivity index (χ0) is 14.2. The normalized spacial score (nSPS) is 29.2. The first-order valence-electron chi connectivity index (χ1n) is 7.68. The lowest BCUT2D eigenvalue weighted by molar-refractivity contribution is -0.126. The molecule has 1 aromatic carbocycles. The zero-order valence-electron chi connectivity index (χ0n) is 12.4. The number of hydrogen-bond donors (Lipinski definition) is 2. The Bertz CT molecular complexity index is 471. The van der Waals surface area contributed by atoms with Crippen molar-refractivity contribution < 1.29 is 4.79 Å². The largest absolute Gasteiger partial charge is 0.352 e. The highest BCUT2D eigenvalue weighted by atomic mass is 16.2. The molecule has 2 unspecified atom stereocenters. The van der Waals surface area contributed by atoms with E-state index in [-0.39, 0.29) is 5.91 Å². The molecule has 2 saturated heterocycles. The summed E-state index contributed by atoms with van der Waals surface area (Å²) < 4.78 is 0. The summed E-state index contributed by atoms with van der Waals surface area (Å²) in [7, 11) is 0. The molecule has 1 amide bonds. The van der Waals surface area contributed by atoms with Crippen molar-refractivity contribution in [3.05, 3.63) is 35.9 Å². The highest BCUT2D eigenvalue weighted by molar-refractivity contribution is 5.87. The fraction of sp³-hybridized carbons (Fsp3) is 0.588. The monoisotopic (exact) mass is 272 g/mol. The van der Waals surface area contributed by atoms with Crippen molar-refractivity contribution in [2.24, 2.45) is 0 Å². The van der Waals surface area contributed by atoms with Crippen LogP contribution in [0.1, 0.15) is 45.1 Å². The van der Waals surface area contributed by atoms with Gasteiger partial charge in [0.25, 0.3) is 0 Å². The molecule has 0 aliphatic carbocycles. The standard InChI is InChI=1S/C17H24N2O/c1-17(2,12-6-4-3-5-7-12)16(20)19-15-10-13-8-9-14(11-15)18-13/h3-7,13-15,18H,8-11H2,1-2H3,(H,19,20). The van der Waals surface area contributed by atoms with E-state index in [9.17, 15) is 4.79 Å². The van der Waals surface area contributed by atoms with Crippen LogP contribution in [0.5, 0.6) is 0 Å².